The number of aryl methyl sites for hydroxylation is 1. The zero-order valence-corrected chi connectivity index (χ0v) is 14.4. The Labute approximate surface area is 138 Å². The molecule has 0 aliphatic carbocycles. The van der Waals surface area contributed by atoms with Gasteiger partial charge in [-0.2, -0.15) is 13.9 Å². The first kappa shape index (κ1) is 18.5. The van der Waals surface area contributed by atoms with E-state index >= 15 is 0 Å². The van der Waals surface area contributed by atoms with E-state index in [2.05, 4.69) is 9.82 Å². The van der Waals surface area contributed by atoms with E-state index in [-0.39, 0.29) is 4.90 Å². The fraction of sp³-hybridized carbons (Fsp3) is 0.308. The van der Waals surface area contributed by atoms with Gasteiger partial charge in [0.25, 0.3) is 0 Å². The third-order valence-electron chi connectivity index (χ3n) is 3.25. The Balaban J connectivity index is 2.24. The van der Waals surface area contributed by atoms with E-state index in [9.17, 15) is 25.6 Å². The molecular formula is C13H15F2N3O4S2. The number of sulfone groups is 1. The SMILES string of the molecule is CC(NS(=O)(=O)c1ccc(S(=O)(=O)C(F)F)cc1)c1cnn(C)c1. The lowest BCUT2D eigenvalue weighted by atomic mass is 10.2. The molecule has 0 saturated carbocycles. The van der Waals surface area contributed by atoms with Gasteiger partial charge in [0, 0.05) is 24.8 Å². The molecule has 1 atom stereocenters. The molecule has 1 unspecified atom stereocenters. The van der Waals surface area contributed by atoms with Gasteiger partial charge < -0.3 is 0 Å². The van der Waals surface area contributed by atoms with Crippen LogP contribution in [0.4, 0.5) is 8.78 Å². The maximum Gasteiger partial charge on any atom is 0.341 e. The highest BCUT2D eigenvalue weighted by atomic mass is 32.2. The van der Waals surface area contributed by atoms with Gasteiger partial charge >= 0.3 is 5.76 Å². The largest absolute Gasteiger partial charge is 0.341 e. The van der Waals surface area contributed by atoms with Crippen molar-refractivity contribution in [1.82, 2.24) is 14.5 Å². The predicted molar refractivity (Wildman–Crippen MR) is 81.6 cm³/mol. The van der Waals surface area contributed by atoms with Gasteiger partial charge in [0.05, 0.1) is 16.0 Å². The lowest BCUT2D eigenvalue weighted by Crippen LogP contribution is -2.26. The smallest absolute Gasteiger partial charge is 0.275 e. The molecule has 2 rings (SSSR count). The number of rotatable bonds is 6. The van der Waals surface area contributed by atoms with E-state index in [1.54, 1.807) is 20.2 Å². The monoisotopic (exact) mass is 379 g/mol. The number of hydrogen-bond acceptors (Lipinski definition) is 5. The third kappa shape index (κ3) is 3.79. The maximum absolute atomic E-state index is 12.5. The first-order chi connectivity index (χ1) is 11.0. The molecule has 7 nitrogen and oxygen atoms in total. The molecular weight excluding hydrogens is 364 g/mol. The first-order valence-corrected chi connectivity index (χ1v) is 9.70. The molecule has 1 N–H and O–H groups in total. The van der Waals surface area contributed by atoms with Crippen LogP contribution in [0.3, 0.4) is 0 Å². The van der Waals surface area contributed by atoms with E-state index in [0.29, 0.717) is 5.56 Å². The lowest BCUT2D eigenvalue weighted by Gasteiger charge is -2.13. The van der Waals surface area contributed by atoms with Gasteiger partial charge in [0.2, 0.25) is 19.9 Å². The quantitative estimate of drug-likeness (QED) is 0.819. The standard InChI is InChI=1S/C13H15F2N3O4S2/c1-9(10-7-16-18(2)8-10)17-24(21,22)12-5-3-11(4-6-12)23(19,20)13(14)15/h3-9,13,17H,1-2H3. The number of nitrogens with zero attached hydrogens (tertiary/aromatic N) is 2. The summed E-state index contributed by atoms with van der Waals surface area (Å²) in [6.07, 6.45) is 3.15. The highest BCUT2D eigenvalue weighted by Crippen LogP contribution is 2.21. The van der Waals surface area contributed by atoms with Crippen molar-refractivity contribution in [1.29, 1.82) is 0 Å². The predicted octanol–water partition coefficient (Wildman–Crippen LogP) is 1.46. The molecule has 1 heterocycles. The number of alkyl halides is 2. The minimum Gasteiger partial charge on any atom is -0.275 e. The Morgan fingerprint density at radius 3 is 2.08 bits per heavy atom. The van der Waals surface area contributed by atoms with Crippen molar-refractivity contribution in [3.8, 4) is 0 Å². The first-order valence-electron chi connectivity index (χ1n) is 6.67. The number of halogens is 2. The Kier molecular flexibility index (Phi) is 5.06. The minimum atomic E-state index is -4.76. The molecule has 0 aliphatic rings. The summed E-state index contributed by atoms with van der Waals surface area (Å²) in [6.45, 7) is 1.62. The van der Waals surface area contributed by atoms with Crippen molar-refractivity contribution in [2.45, 2.75) is 28.5 Å². The number of nitrogens with one attached hydrogen (secondary N) is 1. The van der Waals surface area contributed by atoms with Gasteiger partial charge in [-0.15, -0.1) is 0 Å². The van der Waals surface area contributed by atoms with E-state index in [0.717, 1.165) is 24.3 Å². The van der Waals surface area contributed by atoms with Crippen LogP contribution in [0.25, 0.3) is 0 Å². The lowest BCUT2D eigenvalue weighted by molar-refractivity contribution is 0.234. The molecule has 132 valence electrons. The number of benzene rings is 1. The Bertz CT molecular complexity index is 922. The van der Waals surface area contributed by atoms with Crippen LogP contribution in [-0.2, 0) is 26.9 Å². The fourth-order valence-electron chi connectivity index (χ4n) is 1.94. The summed E-state index contributed by atoms with van der Waals surface area (Å²) in [5, 5.41) is 3.94. The van der Waals surface area contributed by atoms with Crippen LogP contribution >= 0.6 is 0 Å². The Hall–Kier alpha value is -1.85. The van der Waals surface area contributed by atoms with Crippen LogP contribution in [0.1, 0.15) is 18.5 Å². The molecule has 11 heteroatoms. The second-order valence-electron chi connectivity index (χ2n) is 5.07. The van der Waals surface area contributed by atoms with Crippen molar-refractivity contribution in [2.75, 3.05) is 0 Å². The van der Waals surface area contributed by atoms with Crippen molar-refractivity contribution < 1.29 is 25.6 Å². The average Bonchev–Trinajstić information content (AvgIpc) is 2.93. The highest BCUT2D eigenvalue weighted by molar-refractivity contribution is 7.91. The Morgan fingerprint density at radius 2 is 1.62 bits per heavy atom. The molecule has 2 aromatic rings. The number of sulfonamides is 1. The van der Waals surface area contributed by atoms with Gasteiger partial charge in [-0.3, -0.25) is 4.68 Å². The molecule has 1 aromatic heterocycles. The number of aromatic nitrogens is 2. The van der Waals surface area contributed by atoms with Gasteiger partial charge in [0.15, 0.2) is 0 Å². The maximum atomic E-state index is 12.5. The number of hydrogen-bond donors (Lipinski definition) is 1. The molecule has 0 aliphatic heterocycles. The van der Waals surface area contributed by atoms with Crippen LogP contribution in [0.15, 0.2) is 46.5 Å². The second kappa shape index (κ2) is 6.57. The molecule has 0 fully saturated rings. The fourth-order valence-corrected chi connectivity index (χ4v) is 3.90. The summed E-state index contributed by atoms with van der Waals surface area (Å²) in [5.74, 6) is -3.57. The molecule has 0 radical (unpaired) electrons. The van der Waals surface area contributed by atoms with E-state index < -0.39 is 36.6 Å². The van der Waals surface area contributed by atoms with Crippen molar-refractivity contribution in [3.05, 3.63) is 42.2 Å². The van der Waals surface area contributed by atoms with Crippen LogP contribution in [-0.4, -0.2) is 32.4 Å². The van der Waals surface area contributed by atoms with E-state index in [1.165, 1.54) is 10.9 Å². The zero-order chi connectivity index (χ0) is 18.1. The van der Waals surface area contributed by atoms with E-state index in [1.807, 2.05) is 0 Å². The highest BCUT2D eigenvalue weighted by Gasteiger charge is 2.27. The van der Waals surface area contributed by atoms with Gasteiger partial charge in [-0.1, -0.05) is 0 Å². The van der Waals surface area contributed by atoms with Crippen LogP contribution in [0.2, 0.25) is 0 Å². The minimum absolute atomic E-state index is 0.230. The molecule has 0 amide bonds. The normalized spacial score (nSPS) is 14.0. The summed E-state index contributed by atoms with van der Waals surface area (Å²) in [4.78, 5) is -0.872. The van der Waals surface area contributed by atoms with Gasteiger partial charge in [0.1, 0.15) is 0 Å². The summed E-state index contributed by atoms with van der Waals surface area (Å²) >= 11 is 0. The molecule has 0 saturated heterocycles. The Morgan fingerprint density at radius 1 is 1.08 bits per heavy atom. The van der Waals surface area contributed by atoms with E-state index in [4.69, 9.17) is 0 Å². The molecule has 24 heavy (non-hydrogen) atoms. The summed E-state index contributed by atoms with van der Waals surface area (Å²) in [5.41, 5.74) is 0.637. The van der Waals surface area contributed by atoms with Crippen molar-refractivity contribution in [2.24, 2.45) is 7.05 Å². The summed E-state index contributed by atoms with van der Waals surface area (Å²) in [6, 6.07) is 3.03. The zero-order valence-electron chi connectivity index (χ0n) is 12.7. The van der Waals surface area contributed by atoms with Gasteiger partial charge in [-0.05, 0) is 31.2 Å². The van der Waals surface area contributed by atoms with Crippen LogP contribution < -0.4 is 4.72 Å². The molecule has 0 bridgehead atoms. The molecule has 0 spiro atoms. The second-order valence-corrected chi connectivity index (χ2v) is 8.70. The van der Waals surface area contributed by atoms with Gasteiger partial charge in [-0.25, -0.2) is 21.6 Å². The van der Waals surface area contributed by atoms with Crippen molar-refractivity contribution in [3.63, 3.8) is 0 Å². The van der Waals surface area contributed by atoms with Crippen LogP contribution in [0.5, 0.6) is 0 Å². The summed E-state index contributed by atoms with van der Waals surface area (Å²) < 4.78 is 76.1. The third-order valence-corrected chi connectivity index (χ3v) is 6.21. The van der Waals surface area contributed by atoms with Crippen molar-refractivity contribution >= 4 is 19.9 Å². The summed E-state index contributed by atoms with van der Waals surface area (Å²) in [7, 11) is -7.02. The molecule has 1 aromatic carbocycles. The van der Waals surface area contributed by atoms with Crippen LogP contribution in [0, 0.1) is 0 Å². The topological polar surface area (TPSA) is 98.1 Å². The average molecular weight is 379 g/mol.